The number of carbonyl (C=O) groups is 1. The van der Waals surface area contributed by atoms with Gasteiger partial charge in [0.2, 0.25) is 5.91 Å². The first-order valence-corrected chi connectivity index (χ1v) is 9.02. The van der Waals surface area contributed by atoms with E-state index in [1.165, 1.54) is 4.88 Å². The number of carbonyl (C=O) groups excluding carboxylic acids is 1. The van der Waals surface area contributed by atoms with Crippen LogP contribution in [0.1, 0.15) is 30.2 Å². The number of nitrogens with zero attached hydrogens (tertiary/aromatic N) is 1. The maximum absolute atomic E-state index is 12.4. The van der Waals surface area contributed by atoms with Crippen LogP contribution in [0.5, 0.6) is 0 Å². The summed E-state index contributed by atoms with van der Waals surface area (Å²) in [6.45, 7) is 4.03. The molecule has 24 heavy (non-hydrogen) atoms. The summed E-state index contributed by atoms with van der Waals surface area (Å²) < 4.78 is 5.45. The Morgan fingerprint density at radius 3 is 2.71 bits per heavy atom. The number of nitrogens with one attached hydrogen (secondary N) is 1. The van der Waals surface area contributed by atoms with Gasteiger partial charge < -0.3 is 15.8 Å². The van der Waals surface area contributed by atoms with Gasteiger partial charge in [0.15, 0.2) is 0 Å². The minimum absolute atomic E-state index is 0. The summed E-state index contributed by atoms with van der Waals surface area (Å²) in [5.41, 5.74) is 6.04. The van der Waals surface area contributed by atoms with Crippen molar-refractivity contribution in [3.8, 4) is 0 Å². The predicted octanol–water partition coefficient (Wildman–Crippen LogP) is 2.21. The molecule has 0 aromatic carbocycles. The molecule has 1 amide bonds. The van der Waals surface area contributed by atoms with E-state index in [4.69, 9.17) is 10.5 Å². The highest BCUT2D eigenvalue weighted by molar-refractivity contribution is 7.10. The Labute approximate surface area is 160 Å². The zero-order chi connectivity index (χ0) is 15.4. The van der Waals surface area contributed by atoms with Crippen LogP contribution in [0.3, 0.4) is 0 Å². The molecule has 5 nitrogen and oxygen atoms in total. The fraction of sp³-hybridized carbons (Fsp3) is 0.688. The number of nitrogens with two attached hydrogens (primary N) is 1. The third-order valence-electron chi connectivity index (χ3n) is 4.73. The molecule has 3 N–H and O–H groups in total. The van der Waals surface area contributed by atoms with Gasteiger partial charge >= 0.3 is 0 Å². The van der Waals surface area contributed by atoms with Gasteiger partial charge in [-0.15, -0.1) is 36.2 Å². The SMILES string of the molecule is Cl.Cl.NC1CCCC1C(=O)NCC(c1cccs1)N1CCOCC1. The molecule has 3 unspecified atom stereocenters. The number of morpholine rings is 1. The fourth-order valence-corrected chi connectivity index (χ4v) is 4.28. The standard InChI is InChI=1S/C16H25N3O2S.2ClH/c17-13-4-1-3-12(13)16(20)18-11-14(15-5-2-10-22-15)19-6-8-21-9-7-19;;/h2,5,10,12-14H,1,3-4,6-9,11,17H2,(H,18,20);2*1H. The lowest BCUT2D eigenvalue weighted by molar-refractivity contribution is -0.125. The summed E-state index contributed by atoms with van der Waals surface area (Å²) in [6.07, 6.45) is 2.96. The lowest BCUT2D eigenvalue weighted by Crippen LogP contribution is -2.45. The number of hydrogen-bond acceptors (Lipinski definition) is 5. The maximum Gasteiger partial charge on any atom is 0.224 e. The fourth-order valence-electron chi connectivity index (χ4n) is 3.42. The van der Waals surface area contributed by atoms with Gasteiger partial charge in [-0.3, -0.25) is 9.69 Å². The summed E-state index contributed by atoms with van der Waals surface area (Å²) in [5.74, 6) is 0.119. The molecule has 0 radical (unpaired) electrons. The first-order valence-electron chi connectivity index (χ1n) is 8.14. The van der Waals surface area contributed by atoms with Gasteiger partial charge in [-0.1, -0.05) is 12.5 Å². The van der Waals surface area contributed by atoms with Crippen LogP contribution in [0.15, 0.2) is 17.5 Å². The molecule has 3 rings (SSSR count). The molecule has 8 heteroatoms. The zero-order valence-electron chi connectivity index (χ0n) is 13.7. The molecular weight excluding hydrogens is 369 g/mol. The summed E-state index contributed by atoms with van der Waals surface area (Å²) in [7, 11) is 0. The Morgan fingerprint density at radius 1 is 1.38 bits per heavy atom. The Balaban J connectivity index is 0.00000144. The Morgan fingerprint density at radius 2 is 2.12 bits per heavy atom. The van der Waals surface area contributed by atoms with Crippen LogP contribution in [0.25, 0.3) is 0 Å². The van der Waals surface area contributed by atoms with Crippen molar-refractivity contribution in [2.75, 3.05) is 32.8 Å². The van der Waals surface area contributed by atoms with Crippen LogP contribution in [0.2, 0.25) is 0 Å². The quantitative estimate of drug-likeness (QED) is 0.801. The van der Waals surface area contributed by atoms with Crippen LogP contribution in [0.4, 0.5) is 0 Å². The third kappa shape index (κ3) is 5.31. The maximum atomic E-state index is 12.4. The highest BCUT2D eigenvalue weighted by Crippen LogP contribution is 2.27. The van der Waals surface area contributed by atoms with E-state index < -0.39 is 0 Å². The summed E-state index contributed by atoms with van der Waals surface area (Å²) in [6, 6.07) is 4.49. The minimum Gasteiger partial charge on any atom is -0.379 e. The summed E-state index contributed by atoms with van der Waals surface area (Å²) in [4.78, 5) is 16.1. The van der Waals surface area contributed by atoms with Gasteiger partial charge in [-0.05, 0) is 24.3 Å². The summed E-state index contributed by atoms with van der Waals surface area (Å²) >= 11 is 1.75. The van der Waals surface area contributed by atoms with Gasteiger partial charge in [0.25, 0.3) is 0 Å². The van der Waals surface area contributed by atoms with Crippen molar-refractivity contribution in [1.29, 1.82) is 0 Å². The lowest BCUT2D eigenvalue weighted by Gasteiger charge is -2.34. The first-order chi connectivity index (χ1) is 10.8. The van der Waals surface area contributed by atoms with E-state index in [9.17, 15) is 4.79 Å². The van der Waals surface area contributed by atoms with Crippen LogP contribution in [-0.2, 0) is 9.53 Å². The topological polar surface area (TPSA) is 67.6 Å². The van der Waals surface area contributed by atoms with Gasteiger partial charge in [-0.2, -0.15) is 0 Å². The van der Waals surface area contributed by atoms with E-state index in [1.807, 2.05) is 0 Å². The molecule has 2 aliphatic rings. The van der Waals surface area contributed by atoms with Crippen LogP contribution < -0.4 is 11.1 Å². The van der Waals surface area contributed by atoms with Gasteiger partial charge in [0, 0.05) is 30.6 Å². The van der Waals surface area contributed by atoms with E-state index in [0.717, 1.165) is 45.6 Å². The second-order valence-electron chi connectivity index (χ2n) is 6.13. The van der Waals surface area contributed by atoms with Gasteiger partial charge in [-0.25, -0.2) is 0 Å². The number of ether oxygens (including phenoxy) is 1. The molecule has 1 aliphatic heterocycles. The molecule has 0 bridgehead atoms. The Kier molecular flexibility index (Phi) is 9.56. The Hall–Kier alpha value is -0.370. The molecule has 1 aliphatic carbocycles. The van der Waals surface area contributed by atoms with E-state index in [0.29, 0.717) is 6.54 Å². The molecule has 3 atom stereocenters. The number of thiophene rings is 1. The number of hydrogen-bond donors (Lipinski definition) is 2. The third-order valence-corrected chi connectivity index (χ3v) is 5.71. The Bertz CT molecular complexity index is 484. The molecular formula is C16H27Cl2N3O2S. The second kappa shape index (κ2) is 10.6. The zero-order valence-corrected chi connectivity index (χ0v) is 16.1. The highest BCUT2D eigenvalue weighted by Gasteiger charge is 2.31. The molecule has 2 heterocycles. The average molecular weight is 396 g/mol. The molecule has 1 aromatic rings. The van der Waals surface area contributed by atoms with E-state index in [2.05, 4.69) is 27.7 Å². The average Bonchev–Trinajstić information content (AvgIpc) is 3.20. The van der Waals surface area contributed by atoms with Crippen LogP contribution >= 0.6 is 36.2 Å². The van der Waals surface area contributed by atoms with Crippen molar-refractivity contribution in [1.82, 2.24) is 10.2 Å². The van der Waals surface area contributed by atoms with Crippen molar-refractivity contribution < 1.29 is 9.53 Å². The highest BCUT2D eigenvalue weighted by atomic mass is 35.5. The normalized spacial score (nSPS) is 25.4. The number of rotatable bonds is 5. The molecule has 1 saturated carbocycles. The number of amides is 1. The van der Waals surface area contributed by atoms with Crippen molar-refractivity contribution in [3.63, 3.8) is 0 Å². The second-order valence-corrected chi connectivity index (χ2v) is 7.11. The summed E-state index contributed by atoms with van der Waals surface area (Å²) in [5, 5.41) is 5.24. The van der Waals surface area contributed by atoms with Crippen molar-refractivity contribution in [3.05, 3.63) is 22.4 Å². The lowest BCUT2D eigenvalue weighted by atomic mass is 10.0. The van der Waals surface area contributed by atoms with Crippen LogP contribution in [0, 0.1) is 5.92 Å². The number of halogens is 2. The van der Waals surface area contributed by atoms with Gasteiger partial charge in [0.1, 0.15) is 0 Å². The molecule has 2 fully saturated rings. The van der Waals surface area contributed by atoms with Crippen molar-refractivity contribution in [2.45, 2.75) is 31.3 Å². The van der Waals surface area contributed by atoms with E-state index in [1.54, 1.807) is 11.3 Å². The van der Waals surface area contributed by atoms with Crippen molar-refractivity contribution >= 4 is 42.1 Å². The monoisotopic (exact) mass is 395 g/mol. The molecule has 0 spiro atoms. The first kappa shape index (κ1) is 21.7. The molecule has 1 aromatic heterocycles. The van der Waals surface area contributed by atoms with E-state index in [-0.39, 0.29) is 48.7 Å². The van der Waals surface area contributed by atoms with Crippen LogP contribution in [-0.4, -0.2) is 49.7 Å². The largest absolute Gasteiger partial charge is 0.379 e. The minimum atomic E-state index is -0.00586. The molecule has 138 valence electrons. The van der Waals surface area contributed by atoms with Crippen molar-refractivity contribution in [2.24, 2.45) is 11.7 Å². The predicted molar refractivity (Wildman–Crippen MR) is 102 cm³/mol. The molecule has 1 saturated heterocycles. The smallest absolute Gasteiger partial charge is 0.224 e. The van der Waals surface area contributed by atoms with E-state index >= 15 is 0 Å². The van der Waals surface area contributed by atoms with Gasteiger partial charge in [0.05, 0.1) is 25.2 Å².